The fourth-order valence-corrected chi connectivity index (χ4v) is 1.60. The lowest BCUT2D eigenvalue weighted by Gasteiger charge is -2.05. The van der Waals surface area contributed by atoms with E-state index in [1.54, 1.807) is 42.2 Å². The number of benzene rings is 1. The highest BCUT2D eigenvalue weighted by Gasteiger charge is 2.12. The summed E-state index contributed by atoms with van der Waals surface area (Å²) in [5, 5.41) is 6.93. The fraction of sp³-hybridized carbons (Fsp3) is 0.0909. The SMILES string of the molecule is Cn1ccc(NC(=O)c2cccc(N)c2Cl)n1. The van der Waals surface area contributed by atoms with Gasteiger partial charge in [-0.3, -0.25) is 9.48 Å². The number of nitrogens with zero attached hydrogens (tertiary/aromatic N) is 2. The Morgan fingerprint density at radius 2 is 2.24 bits per heavy atom. The molecule has 1 aromatic carbocycles. The summed E-state index contributed by atoms with van der Waals surface area (Å²) in [6.45, 7) is 0. The van der Waals surface area contributed by atoms with E-state index in [0.717, 1.165) is 0 Å². The minimum absolute atomic E-state index is 0.251. The van der Waals surface area contributed by atoms with Gasteiger partial charge in [0.05, 0.1) is 16.3 Å². The lowest BCUT2D eigenvalue weighted by Crippen LogP contribution is -2.13. The van der Waals surface area contributed by atoms with Gasteiger partial charge in [0.1, 0.15) is 0 Å². The number of amides is 1. The Kier molecular flexibility index (Phi) is 3.01. The normalized spacial score (nSPS) is 10.2. The molecule has 0 aliphatic rings. The highest BCUT2D eigenvalue weighted by molar-refractivity contribution is 6.36. The van der Waals surface area contributed by atoms with E-state index in [-0.39, 0.29) is 10.9 Å². The van der Waals surface area contributed by atoms with Crippen molar-refractivity contribution >= 4 is 29.0 Å². The zero-order valence-corrected chi connectivity index (χ0v) is 9.90. The maximum absolute atomic E-state index is 11.9. The average Bonchev–Trinajstić information content (AvgIpc) is 2.68. The molecule has 1 heterocycles. The van der Waals surface area contributed by atoms with Crippen LogP contribution in [0.3, 0.4) is 0 Å². The summed E-state index contributed by atoms with van der Waals surface area (Å²) < 4.78 is 1.59. The molecule has 2 rings (SSSR count). The lowest BCUT2D eigenvalue weighted by atomic mass is 10.2. The number of anilines is 2. The van der Waals surface area contributed by atoms with Crippen molar-refractivity contribution in [3.05, 3.63) is 41.0 Å². The molecule has 6 heteroatoms. The van der Waals surface area contributed by atoms with Crippen LogP contribution < -0.4 is 11.1 Å². The first kappa shape index (κ1) is 11.5. The smallest absolute Gasteiger partial charge is 0.258 e. The van der Waals surface area contributed by atoms with Crippen LogP contribution in [-0.4, -0.2) is 15.7 Å². The summed E-state index contributed by atoms with van der Waals surface area (Å²) in [5.74, 6) is 0.136. The van der Waals surface area contributed by atoms with Crippen LogP contribution in [0.5, 0.6) is 0 Å². The molecule has 1 aromatic heterocycles. The number of nitrogen functional groups attached to an aromatic ring is 1. The van der Waals surface area contributed by atoms with Gasteiger partial charge in [-0.1, -0.05) is 17.7 Å². The molecule has 0 spiro atoms. The van der Waals surface area contributed by atoms with Gasteiger partial charge in [-0.25, -0.2) is 0 Å². The number of hydrogen-bond acceptors (Lipinski definition) is 3. The van der Waals surface area contributed by atoms with Gasteiger partial charge in [-0.15, -0.1) is 0 Å². The molecule has 0 unspecified atom stereocenters. The molecule has 0 saturated carbocycles. The van der Waals surface area contributed by atoms with E-state index >= 15 is 0 Å². The Bertz CT molecular complexity index is 564. The number of hydrogen-bond donors (Lipinski definition) is 2. The average molecular weight is 251 g/mol. The zero-order chi connectivity index (χ0) is 12.4. The summed E-state index contributed by atoms with van der Waals surface area (Å²) >= 11 is 5.95. The summed E-state index contributed by atoms with van der Waals surface area (Å²) in [6, 6.07) is 6.61. The Hall–Kier alpha value is -2.01. The lowest BCUT2D eigenvalue weighted by molar-refractivity contribution is 0.102. The van der Waals surface area contributed by atoms with Crippen LogP contribution in [-0.2, 0) is 7.05 Å². The summed E-state index contributed by atoms with van der Waals surface area (Å²) in [6.07, 6.45) is 1.73. The molecule has 0 aliphatic heterocycles. The number of nitrogens with two attached hydrogens (primary N) is 1. The number of nitrogens with one attached hydrogen (secondary N) is 1. The molecular formula is C11H11ClN4O. The molecule has 88 valence electrons. The van der Waals surface area contributed by atoms with Crippen molar-refractivity contribution in [2.75, 3.05) is 11.1 Å². The van der Waals surface area contributed by atoms with E-state index in [4.69, 9.17) is 17.3 Å². The summed E-state index contributed by atoms with van der Waals surface area (Å²) in [5.41, 5.74) is 6.33. The Morgan fingerprint density at radius 3 is 2.88 bits per heavy atom. The van der Waals surface area contributed by atoms with Gasteiger partial charge in [-0.05, 0) is 12.1 Å². The van der Waals surface area contributed by atoms with Crippen LogP contribution in [0.4, 0.5) is 11.5 Å². The number of aromatic nitrogens is 2. The second kappa shape index (κ2) is 4.47. The van der Waals surface area contributed by atoms with Crippen LogP contribution in [0, 0.1) is 0 Å². The quantitative estimate of drug-likeness (QED) is 0.800. The highest BCUT2D eigenvalue weighted by Crippen LogP contribution is 2.23. The standard InChI is InChI=1S/C11H11ClN4O/c1-16-6-5-9(15-16)14-11(17)7-3-2-4-8(13)10(7)12/h2-6H,13H2,1H3,(H,14,15,17). The minimum Gasteiger partial charge on any atom is -0.398 e. The third-order valence-corrected chi connectivity index (χ3v) is 2.65. The molecular weight excluding hydrogens is 240 g/mol. The van der Waals surface area contributed by atoms with Crippen molar-refractivity contribution in [3.8, 4) is 0 Å². The fourth-order valence-electron chi connectivity index (χ4n) is 1.39. The monoisotopic (exact) mass is 250 g/mol. The first-order valence-corrected chi connectivity index (χ1v) is 5.30. The van der Waals surface area contributed by atoms with E-state index in [1.807, 2.05) is 0 Å². The van der Waals surface area contributed by atoms with Gasteiger partial charge in [0.2, 0.25) is 0 Å². The molecule has 0 bridgehead atoms. The third kappa shape index (κ3) is 2.39. The molecule has 5 nitrogen and oxygen atoms in total. The minimum atomic E-state index is -0.332. The van der Waals surface area contributed by atoms with Crippen molar-refractivity contribution in [1.82, 2.24) is 9.78 Å². The van der Waals surface area contributed by atoms with Crippen LogP contribution in [0.15, 0.2) is 30.5 Å². The van der Waals surface area contributed by atoms with Gasteiger partial charge in [-0.2, -0.15) is 5.10 Å². The van der Waals surface area contributed by atoms with Gasteiger partial charge in [0.15, 0.2) is 5.82 Å². The molecule has 0 aliphatic carbocycles. The molecule has 17 heavy (non-hydrogen) atoms. The molecule has 0 fully saturated rings. The van der Waals surface area contributed by atoms with Crippen molar-refractivity contribution in [1.29, 1.82) is 0 Å². The first-order chi connectivity index (χ1) is 8.08. The molecule has 0 radical (unpaired) electrons. The van der Waals surface area contributed by atoms with Crippen molar-refractivity contribution < 1.29 is 4.79 Å². The van der Waals surface area contributed by atoms with E-state index in [0.29, 0.717) is 17.1 Å². The molecule has 3 N–H and O–H groups in total. The Labute approximate surface area is 103 Å². The maximum atomic E-state index is 11.9. The van der Waals surface area contributed by atoms with Crippen LogP contribution in [0.1, 0.15) is 10.4 Å². The van der Waals surface area contributed by atoms with E-state index in [1.165, 1.54) is 0 Å². The number of halogens is 1. The van der Waals surface area contributed by atoms with Crippen LogP contribution in [0.25, 0.3) is 0 Å². The van der Waals surface area contributed by atoms with Gasteiger partial charge >= 0.3 is 0 Å². The predicted octanol–water partition coefficient (Wildman–Crippen LogP) is 1.91. The zero-order valence-electron chi connectivity index (χ0n) is 9.14. The van der Waals surface area contributed by atoms with E-state index in [9.17, 15) is 4.79 Å². The maximum Gasteiger partial charge on any atom is 0.258 e. The molecule has 2 aromatic rings. The first-order valence-electron chi connectivity index (χ1n) is 4.93. The molecule has 1 amide bonds. The number of carbonyl (C=O) groups is 1. The van der Waals surface area contributed by atoms with Crippen molar-refractivity contribution in [3.63, 3.8) is 0 Å². The van der Waals surface area contributed by atoms with Gasteiger partial charge in [0, 0.05) is 19.3 Å². The Morgan fingerprint density at radius 1 is 1.47 bits per heavy atom. The third-order valence-electron chi connectivity index (χ3n) is 2.23. The predicted molar refractivity (Wildman–Crippen MR) is 67.0 cm³/mol. The van der Waals surface area contributed by atoms with E-state index in [2.05, 4.69) is 10.4 Å². The number of carbonyl (C=O) groups excluding carboxylic acids is 1. The van der Waals surface area contributed by atoms with Gasteiger partial charge in [0.25, 0.3) is 5.91 Å². The highest BCUT2D eigenvalue weighted by atomic mass is 35.5. The van der Waals surface area contributed by atoms with E-state index < -0.39 is 0 Å². The second-order valence-corrected chi connectivity index (χ2v) is 3.92. The van der Waals surface area contributed by atoms with Crippen LogP contribution in [0.2, 0.25) is 5.02 Å². The second-order valence-electron chi connectivity index (χ2n) is 3.54. The summed E-state index contributed by atoms with van der Waals surface area (Å²) in [7, 11) is 1.77. The molecule has 0 atom stereocenters. The largest absolute Gasteiger partial charge is 0.398 e. The molecule has 0 saturated heterocycles. The summed E-state index contributed by atoms with van der Waals surface area (Å²) in [4.78, 5) is 11.9. The number of aryl methyl sites for hydroxylation is 1. The van der Waals surface area contributed by atoms with Crippen molar-refractivity contribution in [2.24, 2.45) is 7.05 Å². The number of rotatable bonds is 2. The topological polar surface area (TPSA) is 72.9 Å². The Balaban J connectivity index is 2.23. The van der Waals surface area contributed by atoms with Crippen LogP contribution >= 0.6 is 11.6 Å². The van der Waals surface area contributed by atoms with Gasteiger partial charge < -0.3 is 11.1 Å². The van der Waals surface area contributed by atoms with Crippen molar-refractivity contribution in [2.45, 2.75) is 0 Å².